The molecule has 8 heteroatoms. The number of nitrogens with zero attached hydrogens (tertiary/aromatic N) is 3. The molecule has 0 aliphatic rings. The molecule has 0 spiro atoms. The molecule has 3 rings (SSSR count). The van der Waals surface area contributed by atoms with Crippen LogP contribution in [0.15, 0.2) is 42.6 Å². The number of rotatable bonds is 7. The van der Waals surface area contributed by atoms with E-state index in [2.05, 4.69) is 20.3 Å². The number of hydrogen-bond donors (Lipinski definition) is 4. The molecule has 1 aromatic carbocycles. The van der Waals surface area contributed by atoms with Gasteiger partial charge in [0.25, 0.3) is 0 Å². The molecule has 0 aliphatic carbocycles. The topological polar surface area (TPSA) is 132 Å². The van der Waals surface area contributed by atoms with Crippen molar-refractivity contribution < 1.29 is 9.84 Å². The third kappa shape index (κ3) is 4.36. The Kier molecular flexibility index (Phi) is 6.03. The Hall–Kier alpha value is -3.23. The molecule has 28 heavy (non-hydrogen) atoms. The van der Waals surface area contributed by atoms with Crippen LogP contribution in [0.25, 0.3) is 22.6 Å². The van der Waals surface area contributed by atoms with Crippen molar-refractivity contribution in [1.29, 1.82) is 0 Å². The fraction of sp³-hybridized carbons (Fsp3) is 0.250. The Morgan fingerprint density at radius 3 is 2.71 bits per heavy atom. The average Bonchev–Trinajstić information content (AvgIpc) is 2.69. The molecule has 0 saturated heterocycles. The van der Waals surface area contributed by atoms with E-state index in [0.29, 0.717) is 41.0 Å². The van der Waals surface area contributed by atoms with E-state index in [1.54, 1.807) is 19.3 Å². The zero-order valence-corrected chi connectivity index (χ0v) is 15.9. The van der Waals surface area contributed by atoms with Crippen molar-refractivity contribution in [2.75, 3.05) is 31.7 Å². The van der Waals surface area contributed by atoms with Crippen LogP contribution >= 0.6 is 0 Å². The summed E-state index contributed by atoms with van der Waals surface area (Å²) in [5.41, 5.74) is 15.0. The summed E-state index contributed by atoms with van der Waals surface area (Å²) in [6.07, 6.45) is 1.03. The van der Waals surface area contributed by atoms with Crippen molar-refractivity contribution >= 4 is 11.6 Å². The molecule has 1 unspecified atom stereocenters. The van der Waals surface area contributed by atoms with Gasteiger partial charge in [0, 0.05) is 29.4 Å². The second-order valence-corrected chi connectivity index (χ2v) is 6.39. The fourth-order valence-corrected chi connectivity index (χ4v) is 2.76. The normalized spacial score (nSPS) is 12.0. The SMILES string of the molecule is CNCC(O)COc1cccc(-c2nc(N)c(C)c(-c3cccnc3N)n2)c1. The van der Waals surface area contributed by atoms with Gasteiger partial charge in [0.15, 0.2) is 5.82 Å². The first-order chi connectivity index (χ1) is 13.5. The van der Waals surface area contributed by atoms with E-state index in [1.165, 1.54) is 0 Å². The van der Waals surface area contributed by atoms with Crippen molar-refractivity contribution in [3.05, 3.63) is 48.2 Å². The third-order valence-corrected chi connectivity index (χ3v) is 4.25. The highest BCUT2D eigenvalue weighted by molar-refractivity contribution is 5.77. The standard InChI is InChI=1S/C20H24N6O2/c1-12-17(16-7-4-8-24-19(16)22)25-20(26-18(12)21)13-5-3-6-15(9-13)28-11-14(27)10-23-2/h3-9,14,23,27H,10-11H2,1-2H3,(H2,22,24)(H2,21,25,26). The zero-order chi connectivity index (χ0) is 20.1. The molecular formula is C20H24N6O2. The van der Waals surface area contributed by atoms with Crippen molar-refractivity contribution in [2.24, 2.45) is 0 Å². The van der Waals surface area contributed by atoms with E-state index >= 15 is 0 Å². The highest BCUT2D eigenvalue weighted by atomic mass is 16.5. The number of likely N-dealkylation sites (N-methyl/N-ethyl adjacent to an activating group) is 1. The maximum absolute atomic E-state index is 9.81. The minimum absolute atomic E-state index is 0.179. The summed E-state index contributed by atoms with van der Waals surface area (Å²) in [5, 5.41) is 12.7. The summed E-state index contributed by atoms with van der Waals surface area (Å²) in [4.78, 5) is 13.2. The van der Waals surface area contributed by atoms with Crippen molar-refractivity contribution in [3.63, 3.8) is 0 Å². The maximum atomic E-state index is 9.81. The monoisotopic (exact) mass is 380 g/mol. The first kappa shape index (κ1) is 19.5. The molecule has 2 heterocycles. The Balaban J connectivity index is 1.94. The Morgan fingerprint density at radius 1 is 1.14 bits per heavy atom. The van der Waals surface area contributed by atoms with Crippen LogP contribution in [-0.2, 0) is 0 Å². The van der Waals surface area contributed by atoms with E-state index in [9.17, 15) is 5.11 Å². The van der Waals surface area contributed by atoms with Gasteiger partial charge in [-0.25, -0.2) is 15.0 Å². The first-order valence-electron chi connectivity index (χ1n) is 8.90. The molecule has 1 atom stereocenters. The van der Waals surface area contributed by atoms with E-state index < -0.39 is 6.10 Å². The highest BCUT2D eigenvalue weighted by Crippen LogP contribution is 2.31. The quantitative estimate of drug-likeness (QED) is 0.486. The molecule has 8 nitrogen and oxygen atoms in total. The van der Waals surface area contributed by atoms with E-state index in [-0.39, 0.29) is 6.61 Å². The number of aromatic nitrogens is 3. The summed E-state index contributed by atoms with van der Waals surface area (Å²) in [5.74, 6) is 1.82. The summed E-state index contributed by atoms with van der Waals surface area (Å²) in [6.45, 7) is 2.48. The lowest BCUT2D eigenvalue weighted by molar-refractivity contribution is 0.108. The van der Waals surface area contributed by atoms with Gasteiger partial charge >= 0.3 is 0 Å². The van der Waals surface area contributed by atoms with Gasteiger partial charge in [0.1, 0.15) is 30.1 Å². The van der Waals surface area contributed by atoms with Gasteiger partial charge in [-0.3, -0.25) is 0 Å². The number of pyridine rings is 1. The van der Waals surface area contributed by atoms with Crippen LogP contribution < -0.4 is 21.5 Å². The van der Waals surface area contributed by atoms with Gasteiger partial charge in [-0.15, -0.1) is 0 Å². The predicted molar refractivity (Wildman–Crippen MR) is 110 cm³/mol. The summed E-state index contributed by atoms with van der Waals surface area (Å²) < 4.78 is 5.66. The zero-order valence-electron chi connectivity index (χ0n) is 15.9. The second kappa shape index (κ2) is 8.64. The molecule has 0 aliphatic heterocycles. The predicted octanol–water partition coefficient (Wildman–Crippen LogP) is 1.64. The molecule has 0 fully saturated rings. The van der Waals surface area contributed by atoms with Crippen LogP contribution in [0.4, 0.5) is 11.6 Å². The lowest BCUT2D eigenvalue weighted by Gasteiger charge is -2.14. The Labute approximate surface area is 163 Å². The van der Waals surface area contributed by atoms with Crippen molar-refractivity contribution in [3.8, 4) is 28.4 Å². The van der Waals surface area contributed by atoms with E-state index in [4.69, 9.17) is 16.2 Å². The number of nitrogens with one attached hydrogen (secondary N) is 1. The molecular weight excluding hydrogens is 356 g/mol. The summed E-state index contributed by atoms with van der Waals surface area (Å²) >= 11 is 0. The number of hydrogen-bond acceptors (Lipinski definition) is 8. The lowest BCUT2D eigenvalue weighted by atomic mass is 10.1. The molecule has 146 valence electrons. The molecule has 0 amide bonds. The van der Waals surface area contributed by atoms with Gasteiger partial charge in [0.2, 0.25) is 0 Å². The average molecular weight is 380 g/mol. The third-order valence-electron chi connectivity index (χ3n) is 4.25. The van der Waals surface area contributed by atoms with Crippen LogP contribution in [0.5, 0.6) is 5.75 Å². The van der Waals surface area contributed by atoms with Gasteiger partial charge in [-0.05, 0) is 38.2 Å². The van der Waals surface area contributed by atoms with Gasteiger partial charge in [0.05, 0.1) is 5.69 Å². The van der Waals surface area contributed by atoms with Gasteiger partial charge < -0.3 is 26.6 Å². The Morgan fingerprint density at radius 2 is 1.96 bits per heavy atom. The largest absolute Gasteiger partial charge is 0.491 e. The van der Waals surface area contributed by atoms with Gasteiger partial charge in [-0.2, -0.15) is 0 Å². The molecule has 0 radical (unpaired) electrons. The number of nitrogen functional groups attached to an aromatic ring is 2. The molecule has 0 bridgehead atoms. The minimum Gasteiger partial charge on any atom is -0.491 e. The van der Waals surface area contributed by atoms with Crippen LogP contribution in [0.2, 0.25) is 0 Å². The maximum Gasteiger partial charge on any atom is 0.162 e. The number of aliphatic hydroxyl groups excluding tert-OH is 1. The Bertz CT molecular complexity index is 963. The van der Waals surface area contributed by atoms with Gasteiger partial charge in [-0.1, -0.05) is 12.1 Å². The fourth-order valence-electron chi connectivity index (χ4n) is 2.76. The minimum atomic E-state index is -0.597. The van der Waals surface area contributed by atoms with Crippen LogP contribution in [-0.4, -0.2) is 46.4 Å². The second-order valence-electron chi connectivity index (χ2n) is 6.39. The lowest BCUT2D eigenvalue weighted by Crippen LogP contribution is -2.29. The number of nitrogens with two attached hydrogens (primary N) is 2. The molecule has 2 aromatic heterocycles. The van der Waals surface area contributed by atoms with Crippen molar-refractivity contribution in [1.82, 2.24) is 20.3 Å². The molecule has 0 saturated carbocycles. The van der Waals surface area contributed by atoms with Crippen LogP contribution in [0.3, 0.4) is 0 Å². The van der Waals surface area contributed by atoms with Crippen molar-refractivity contribution in [2.45, 2.75) is 13.0 Å². The van der Waals surface area contributed by atoms with Crippen LogP contribution in [0, 0.1) is 6.92 Å². The molecule has 6 N–H and O–H groups in total. The highest BCUT2D eigenvalue weighted by Gasteiger charge is 2.15. The number of anilines is 2. The smallest absolute Gasteiger partial charge is 0.162 e. The van der Waals surface area contributed by atoms with Crippen LogP contribution in [0.1, 0.15) is 5.56 Å². The number of ether oxygens (including phenoxy) is 1. The van der Waals surface area contributed by atoms with E-state index in [0.717, 1.165) is 11.1 Å². The molecule has 3 aromatic rings. The number of benzene rings is 1. The van der Waals surface area contributed by atoms with E-state index in [1.807, 2.05) is 37.3 Å². The first-order valence-corrected chi connectivity index (χ1v) is 8.90. The summed E-state index contributed by atoms with van der Waals surface area (Å²) in [6, 6.07) is 11.0. The number of aliphatic hydroxyl groups is 1. The summed E-state index contributed by atoms with van der Waals surface area (Å²) in [7, 11) is 1.77.